The fourth-order valence-corrected chi connectivity index (χ4v) is 3.52. The Hall–Kier alpha value is -3.34. The van der Waals surface area contributed by atoms with E-state index in [4.69, 9.17) is 4.74 Å². The molecule has 0 aliphatic carbocycles. The lowest BCUT2D eigenvalue weighted by Gasteiger charge is -2.30. The Balaban J connectivity index is 1.86. The number of nitrogens with one attached hydrogen (secondary N) is 2. The quantitative estimate of drug-likeness (QED) is 0.804. The first-order valence-corrected chi connectivity index (χ1v) is 9.03. The smallest absolute Gasteiger partial charge is 0.336 e. The van der Waals surface area contributed by atoms with E-state index >= 15 is 0 Å². The molecule has 136 valence electrons. The van der Waals surface area contributed by atoms with Crippen molar-refractivity contribution in [3.8, 4) is 0 Å². The highest BCUT2D eigenvalue weighted by Crippen LogP contribution is 2.40. The van der Waals surface area contributed by atoms with Crippen LogP contribution in [0, 0.1) is 0 Å². The van der Waals surface area contributed by atoms with Crippen molar-refractivity contribution in [1.82, 2.24) is 5.32 Å². The number of nitrogens with zero attached hydrogens (tertiary/aromatic N) is 1. The number of ether oxygens (including phenoxy) is 1. The van der Waals surface area contributed by atoms with Crippen LogP contribution in [0.4, 0.5) is 11.4 Å². The summed E-state index contributed by atoms with van der Waals surface area (Å²) in [5.74, 6) is 0.272. The van der Waals surface area contributed by atoms with Gasteiger partial charge in [-0.25, -0.2) is 4.79 Å². The topological polar surface area (TPSA) is 62.7 Å². The fraction of sp³-hybridized carbons (Fsp3) is 0.182. The second kappa shape index (κ2) is 7.11. The summed E-state index contributed by atoms with van der Waals surface area (Å²) in [5.41, 5.74) is 5.10. The van der Waals surface area contributed by atoms with Crippen LogP contribution in [0.5, 0.6) is 0 Å². The highest BCUT2D eigenvalue weighted by atomic mass is 16.5. The fourth-order valence-electron chi connectivity index (χ4n) is 3.52. The molecule has 5 nitrogen and oxygen atoms in total. The summed E-state index contributed by atoms with van der Waals surface area (Å²) in [6.45, 7) is 4.06. The number of rotatable bonds is 3. The Bertz CT molecular complexity index is 974. The minimum atomic E-state index is -0.307. The lowest BCUT2D eigenvalue weighted by atomic mass is 9.82. The van der Waals surface area contributed by atoms with E-state index in [1.165, 1.54) is 0 Å². The van der Waals surface area contributed by atoms with Crippen molar-refractivity contribution in [2.24, 2.45) is 4.99 Å². The van der Waals surface area contributed by atoms with Crippen molar-refractivity contribution in [3.63, 3.8) is 0 Å². The van der Waals surface area contributed by atoms with Gasteiger partial charge in [0.05, 0.1) is 23.6 Å². The van der Waals surface area contributed by atoms with E-state index in [-0.39, 0.29) is 11.9 Å². The number of benzene rings is 2. The van der Waals surface area contributed by atoms with Crippen LogP contribution in [0.1, 0.15) is 25.3 Å². The highest BCUT2D eigenvalue weighted by Gasteiger charge is 2.35. The SMILES string of the molecule is CCOC(=O)C1=C(C)NC2=C(C=Nc3ccccc3N2)[C@H]1c1ccccc1. The van der Waals surface area contributed by atoms with Gasteiger partial charge >= 0.3 is 5.97 Å². The molecule has 0 bridgehead atoms. The molecule has 2 N–H and O–H groups in total. The maximum atomic E-state index is 12.8. The van der Waals surface area contributed by atoms with Crippen LogP contribution >= 0.6 is 0 Å². The van der Waals surface area contributed by atoms with Crippen LogP contribution in [0.2, 0.25) is 0 Å². The number of esters is 1. The Morgan fingerprint density at radius 2 is 1.81 bits per heavy atom. The molecule has 2 aromatic carbocycles. The lowest BCUT2D eigenvalue weighted by molar-refractivity contribution is -0.138. The van der Waals surface area contributed by atoms with Crippen molar-refractivity contribution >= 4 is 23.6 Å². The molecule has 1 atom stereocenters. The van der Waals surface area contributed by atoms with Gasteiger partial charge in [0.15, 0.2) is 0 Å². The Labute approximate surface area is 158 Å². The van der Waals surface area contributed by atoms with E-state index in [0.717, 1.165) is 34.0 Å². The molecule has 0 fully saturated rings. The summed E-state index contributed by atoms with van der Waals surface area (Å²) in [5, 5.41) is 6.78. The van der Waals surface area contributed by atoms with Crippen molar-refractivity contribution < 1.29 is 9.53 Å². The number of para-hydroxylation sites is 2. The van der Waals surface area contributed by atoms with Crippen molar-refractivity contribution in [3.05, 3.63) is 82.8 Å². The third-order valence-electron chi connectivity index (χ3n) is 4.74. The van der Waals surface area contributed by atoms with Crippen LogP contribution < -0.4 is 10.6 Å². The normalized spacial score (nSPS) is 18.1. The number of fused-ring (bicyclic) bond motifs is 1. The molecular weight excluding hydrogens is 338 g/mol. The van der Waals surface area contributed by atoms with E-state index in [0.29, 0.717) is 12.2 Å². The molecule has 0 spiro atoms. The Kier molecular flexibility index (Phi) is 4.50. The number of hydrogen-bond donors (Lipinski definition) is 2. The summed E-state index contributed by atoms with van der Waals surface area (Å²) in [6, 6.07) is 17.9. The van der Waals surface area contributed by atoms with Crippen LogP contribution in [0.3, 0.4) is 0 Å². The van der Waals surface area contributed by atoms with Crippen LogP contribution in [-0.2, 0) is 9.53 Å². The van der Waals surface area contributed by atoms with Gasteiger partial charge in [0.2, 0.25) is 0 Å². The zero-order valence-corrected chi connectivity index (χ0v) is 15.3. The number of allylic oxidation sites excluding steroid dienone is 2. The monoisotopic (exact) mass is 359 g/mol. The maximum Gasteiger partial charge on any atom is 0.336 e. The first-order valence-electron chi connectivity index (χ1n) is 9.03. The molecule has 0 saturated carbocycles. The van der Waals surface area contributed by atoms with Gasteiger partial charge in [0.25, 0.3) is 0 Å². The third-order valence-corrected chi connectivity index (χ3v) is 4.74. The van der Waals surface area contributed by atoms with Gasteiger partial charge < -0.3 is 15.4 Å². The summed E-state index contributed by atoms with van der Waals surface area (Å²) >= 11 is 0. The molecule has 0 saturated heterocycles. The zero-order valence-electron chi connectivity index (χ0n) is 15.3. The Morgan fingerprint density at radius 1 is 1.07 bits per heavy atom. The number of aliphatic imine (C=N–C) groups is 1. The van der Waals surface area contributed by atoms with Crippen molar-refractivity contribution in [1.29, 1.82) is 0 Å². The summed E-state index contributed by atoms with van der Waals surface area (Å²) in [6.07, 6.45) is 1.84. The first kappa shape index (κ1) is 17.1. The third kappa shape index (κ3) is 3.12. The molecule has 2 aliphatic heterocycles. The summed E-state index contributed by atoms with van der Waals surface area (Å²) < 4.78 is 5.35. The predicted octanol–water partition coefficient (Wildman–Crippen LogP) is 4.25. The standard InChI is InChI=1S/C22H21N3O2/c1-3-27-22(26)19-14(2)24-21-16(20(19)15-9-5-4-6-10-15)13-23-17-11-7-8-12-18(17)25-21/h4-13,20,24-25H,3H2,1-2H3/t20-/m1/s1. The van der Waals surface area contributed by atoms with Gasteiger partial charge in [-0.15, -0.1) is 0 Å². The van der Waals surface area contributed by atoms with Crippen LogP contribution in [-0.4, -0.2) is 18.8 Å². The summed E-state index contributed by atoms with van der Waals surface area (Å²) in [7, 11) is 0. The van der Waals surface area contributed by atoms with Gasteiger partial charge in [-0.3, -0.25) is 4.99 Å². The Morgan fingerprint density at radius 3 is 2.59 bits per heavy atom. The minimum Gasteiger partial charge on any atom is -0.463 e. The minimum absolute atomic E-state index is 0.257. The molecule has 2 heterocycles. The molecular formula is C22H21N3O2. The molecule has 0 aromatic heterocycles. The maximum absolute atomic E-state index is 12.8. The number of dihydropyridines is 1. The number of carbonyl (C=O) groups is 1. The van der Waals surface area contributed by atoms with Crippen molar-refractivity contribution in [2.45, 2.75) is 19.8 Å². The summed E-state index contributed by atoms with van der Waals surface area (Å²) in [4.78, 5) is 17.4. The molecule has 2 aromatic rings. The average molecular weight is 359 g/mol. The van der Waals surface area contributed by atoms with Gasteiger partial charge in [-0.05, 0) is 31.5 Å². The van der Waals surface area contributed by atoms with E-state index in [1.54, 1.807) is 0 Å². The molecule has 2 aliphatic rings. The number of carbonyl (C=O) groups excluding carboxylic acids is 1. The molecule has 27 heavy (non-hydrogen) atoms. The van der Waals surface area contributed by atoms with E-state index in [9.17, 15) is 4.79 Å². The molecule has 4 rings (SSSR count). The molecule has 5 heteroatoms. The number of hydrogen-bond acceptors (Lipinski definition) is 5. The van der Waals surface area contributed by atoms with Crippen LogP contribution in [0.25, 0.3) is 0 Å². The van der Waals surface area contributed by atoms with Crippen molar-refractivity contribution in [2.75, 3.05) is 11.9 Å². The van der Waals surface area contributed by atoms with E-state index in [1.807, 2.05) is 74.7 Å². The average Bonchev–Trinajstić information content (AvgIpc) is 2.86. The zero-order chi connectivity index (χ0) is 18.8. The number of anilines is 1. The molecule has 0 radical (unpaired) electrons. The molecule has 0 amide bonds. The van der Waals surface area contributed by atoms with Crippen LogP contribution in [0.15, 0.2) is 82.3 Å². The largest absolute Gasteiger partial charge is 0.463 e. The second-order valence-corrected chi connectivity index (χ2v) is 6.46. The lowest BCUT2D eigenvalue weighted by Crippen LogP contribution is -2.32. The van der Waals surface area contributed by atoms with E-state index in [2.05, 4.69) is 15.6 Å². The highest BCUT2D eigenvalue weighted by molar-refractivity contribution is 5.98. The van der Waals surface area contributed by atoms with E-state index < -0.39 is 0 Å². The van der Waals surface area contributed by atoms with Gasteiger partial charge in [-0.2, -0.15) is 0 Å². The molecule has 0 unspecified atom stereocenters. The predicted molar refractivity (Wildman–Crippen MR) is 107 cm³/mol. The van der Waals surface area contributed by atoms with Gasteiger partial charge in [0, 0.05) is 23.4 Å². The van der Waals surface area contributed by atoms with Gasteiger partial charge in [0.1, 0.15) is 5.82 Å². The second-order valence-electron chi connectivity index (χ2n) is 6.46. The first-order chi connectivity index (χ1) is 13.2. The van der Waals surface area contributed by atoms with Gasteiger partial charge in [-0.1, -0.05) is 42.5 Å².